The van der Waals surface area contributed by atoms with E-state index in [0.717, 1.165) is 0 Å². The Morgan fingerprint density at radius 2 is 1.55 bits per heavy atom. The molecule has 0 unspecified atom stereocenters. The van der Waals surface area contributed by atoms with Crippen LogP contribution in [0.1, 0.15) is 39.5 Å². The Hall–Kier alpha value is 0.250. The van der Waals surface area contributed by atoms with Gasteiger partial charge in [-0.05, 0) is 31.3 Å². The SMILES string of the molecule is CCC1(CC)CCNCC1.Cl. The minimum Gasteiger partial charge on any atom is -0.317 e. The summed E-state index contributed by atoms with van der Waals surface area (Å²) < 4.78 is 0. The van der Waals surface area contributed by atoms with Gasteiger partial charge >= 0.3 is 0 Å². The predicted octanol–water partition coefficient (Wildman–Crippen LogP) is 2.60. The van der Waals surface area contributed by atoms with Crippen LogP contribution in [0.4, 0.5) is 0 Å². The Kier molecular flexibility index (Phi) is 5.11. The molecule has 0 aromatic heterocycles. The molecule has 0 aromatic rings. The van der Waals surface area contributed by atoms with Crippen LogP contribution in [0.3, 0.4) is 0 Å². The van der Waals surface area contributed by atoms with E-state index in [1.165, 1.54) is 38.8 Å². The van der Waals surface area contributed by atoms with E-state index in [-0.39, 0.29) is 12.4 Å². The smallest absolute Gasteiger partial charge is 0.00436 e. The summed E-state index contributed by atoms with van der Waals surface area (Å²) in [5.41, 5.74) is 0.700. The molecule has 1 aliphatic heterocycles. The molecule has 0 spiro atoms. The van der Waals surface area contributed by atoms with Crippen molar-refractivity contribution in [3.05, 3.63) is 0 Å². The summed E-state index contributed by atoms with van der Waals surface area (Å²) >= 11 is 0. The monoisotopic (exact) mass is 177 g/mol. The van der Waals surface area contributed by atoms with Gasteiger partial charge in [0.2, 0.25) is 0 Å². The van der Waals surface area contributed by atoms with Crippen LogP contribution in [-0.4, -0.2) is 13.1 Å². The van der Waals surface area contributed by atoms with E-state index < -0.39 is 0 Å². The number of rotatable bonds is 2. The minimum absolute atomic E-state index is 0. The zero-order valence-electron chi connectivity index (χ0n) is 7.65. The summed E-state index contributed by atoms with van der Waals surface area (Å²) in [5.74, 6) is 0. The fourth-order valence-electron chi connectivity index (χ4n) is 1.91. The predicted molar refractivity (Wildman–Crippen MR) is 52.4 cm³/mol. The van der Waals surface area contributed by atoms with Crippen LogP contribution in [0, 0.1) is 5.41 Å². The largest absolute Gasteiger partial charge is 0.317 e. The molecule has 1 heterocycles. The normalized spacial score (nSPS) is 22.4. The van der Waals surface area contributed by atoms with Gasteiger partial charge in [-0.1, -0.05) is 26.7 Å². The maximum atomic E-state index is 3.41. The van der Waals surface area contributed by atoms with E-state index >= 15 is 0 Å². The van der Waals surface area contributed by atoms with Crippen molar-refractivity contribution in [1.29, 1.82) is 0 Å². The second kappa shape index (κ2) is 5.00. The van der Waals surface area contributed by atoms with Gasteiger partial charge in [-0.2, -0.15) is 0 Å². The van der Waals surface area contributed by atoms with Gasteiger partial charge in [-0.25, -0.2) is 0 Å². The molecule has 0 atom stereocenters. The fourth-order valence-corrected chi connectivity index (χ4v) is 1.91. The van der Waals surface area contributed by atoms with E-state index in [0.29, 0.717) is 5.41 Å². The zero-order chi connectivity index (χ0) is 7.45. The van der Waals surface area contributed by atoms with E-state index in [2.05, 4.69) is 19.2 Å². The molecule has 0 radical (unpaired) electrons. The second-order valence-corrected chi connectivity index (χ2v) is 3.46. The summed E-state index contributed by atoms with van der Waals surface area (Å²) in [6.07, 6.45) is 5.51. The summed E-state index contributed by atoms with van der Waals surface area (Å²) in [4.78, 5) is 0. The van der Waals surface area contributed by atoms with Crippen LogP contribution < -0.4 is 5.32 Å². The third-order valence-electron chi connectivity index (χ3n) is 3.16. The molecule has 68 valence electrons. The Morgan fingerprint density at radius 3 is 1.82 bits per heavy atom. The molecule has 1 nitrogen and oxygen atoms in total. The number of hydrogen-bond acceptors (Lipinski definition) is 1. The fraction of sp³-hybridized carbons (Fsp3) is 1.00. The van der Waals surface area contributed by atoms with E-state index in [1.54, 1.807) is 0 Å². The number of halogens is 1. The average molecular weight is 178 g/mol. The molecule has 11 heavy (non-hydrogen) atoms. The molecule has 0 saturated carbocycles. The highest BCUT2D eigenvalue weighted by atomic mass is 35.5. The van der Waals surface area contributed by atoms with Crippen molar-refractivity contribution in [2.45, 2.75) is 39.5 Å². The molecular formula is C9H20ClN. The van der Waals surface area contributed by atoms with Gasteiger partial charge in [0.15, 0.2) is 0 Å². The lowest BCUT2D eigenvalue weighted by atomic mass is 9.75. The van der Waals surface area contributed by atoms with Crippen molar-refractivity contribution < 1.29 is 0 Å². The molecule has 0 aliphatic carbocycles. The molecule has 1 fully saturated rings. The molecule has 1 aliphatic rings. The highest BCUT2D eigenvalue weighted by Gasteiger charge is 2.27. The quantitative estimate of drug-likeness (QED) is 0.684. The van der Waals surface area contributed by atoms with Crippen molar-refractivity contribution in [3.63, 3.8) is 0 Å². The summed E-state index contributed by atoms with van der Waals surface area (Å²) in [6.45, 7) is 7.13. The summed E-state index contributed by atoms with van der Waals surface area (Å²) in [5, 5.41) is 3.41. The number of piperidine rings is 1. The summed E-state index contributed by atoms with van der Waals surface area (Å²) in [6, 6.07) is 0. The molecule has 2 heteroatoms. The maximum Gasteiger partial charge on any atom is -0.00436 e. The maximum absolute atomic E-state index is 3.41. The van der Waals surface area contributed by atoms with Crippen LogP contribution in [0.25, 0.3) is 0 Å². The first-order chi connectivity index (χ1) is 4.83. The summed E-state index contributed by atoms with van der Waals surface area (Å²) in [7, 11) is 0. The third-order valence-corrected chi connectivity index (χ3v) is 3.16. The lowest BCUT2D eigenvalue weighted by Crippen LogP contribution is -2.35. The van der Waals surface area contributed by atoms with Crippen molar-refractivity contribution in [2.75, 3.05) is 13.1 Å². The van der Waals surface area contributed by atoms with Gasteiger partial charge in [0.05, 0.1) is 0 Å². The van der Waals surface area contributed by atoms with E-state index in [9.17, 15) is 0 Å². The number of nitrogens with one attached hydrogen (secondary N) is 1. The van der Waals surface area contributed by atoms with Crippen LogP contribution in [0.15, 0.2) is 0 Å². The molecule has 0 bridgehead atoms. The van der Waals surface area contributed by atoms with Gasteiger partial charge < -0.3 is 5.32 Å². The first-order valence-electron chi connectivity index (χ1n) is 4.54. The van der Waals surface area contributed by atoms with Crippen molar-refractivity contribution in [1.82, 2.24) is 5.32 Å². The Bertz CT molecular complexity index is 91.7. The lowest BCUT2D eigenvalue weighted by molar-refractivity contribution is 0.185. The van der Waals surface area contributed by atoms with Crippen LogP contribution >= 0.6 is 12.4 Å². The van der Waals surface area contributed by atoms with Gasteiger partial charge in [-0.15, -0.1) is 12.4 Å². The van der Waals surface area contributed by atoms with Crippen LogP contribution in [0.2, 0.25) is 0 Å². The zero-order valence-corrected chi connectivity index (χ0v) is 8.47. The van der Waals surface area contributed by atoms with Crippen molar-refractivity contribution >= 4 is 12.4 Å². The van der Waals surface area contributed by atoms with Crippen LogP contribution in [-0.2, 0) is 0 Å². The highest BCUT2D eigenvalue weighted by molar-refractivity contribution is 5.85. The number of hydrogen-bond donors (Lipinski definition) is 1. The molecular weight excluding hydrogens is 158 g/mol. The standard InChI is InChI=1S/C9H19N.ClH/c1-3-9(4-2)5-7-10-8-6-9;/h10H,3-8H2,1-2H3;1H. The van der Waals surface area contributed by atoms with Crippen molar-refractivity contribution in [2.24, 2.45) is 5.41 Å². The molecule has 0 amide bonds. The average Bonchev–Trinajstić information content (AvgIpc) is 2.06. The topological polar surface area (TPSA) is 12.0 Å². The van der Waals surface area contributed by atoms with Crippen molar-refractivity contribution in [3.8, 4) is 0 Å². The Morgan fingerprint density at radius 1 is 1.09 bits per heavy atom. The lowest BCUT2D eigenvalue weighted by Gasteiger charge is -2.35. The molecule has 1 N–H and O–H groups in total. The molecule has 0 aromatic carbocycles. The first kappa shape index (κ1) is 11.2. The van der Waals surface area contributed by atoms with Gasteiger partial charge in [0, 0.05) is 0 Å². The Labute approximate surface area is 76.4 Å². The second-order valence-electron chi connectivity index (χ2n) is 3.46. The highest BCUT2D eigenvalue weighted by Crippen LogP contribution is 2.35. The molecule has 1 saturated heterocycles. The van der Waals surface area contributed by atoms with E-state index in [1.807, 2.05) is 0 Å². The van der Waals surface area contributed by atoms with Gasteiger partial charge in [0.25, 0.3) is 0 Å². The molecule has 1 rings (SSSR count). The van der Waals surface area contributed by atoms with Gasteiger partial charge in [0.1, 0.15) is 0 Å². The third kappa shape index (κ3) is 2.64. The minimum atomic E-state index is 0. The van der Waals surface area contributed by atoms with Gasteiger partial charge in [-0.3, -0.25) is 0 Å². The first-order valence-corrected chi connectivity index (χ1v) is 4.54. The van der Waals surface area contributed by atoms with Crippen LogP contribution in [0.5, 0.6) is 0 Å². The Balaban J connectivity index is 0.000001000. The van der Waals surface area contributed by atoms with E-state index in [4.69, 9.17) is 0 Å².